The van der Waals surface area contributed by atoms with E-state index < -0.39 is 15.7 Å². The molecule has 1 amide bonds. The first-order valence-electron chi connectivity index (χ1n) is 6.50. The van der Waals surface area contributed by atoms with Gasteiger partial charge < -0.3 is 10.6 Å². The Morgan fingerprint density at radius 3 is 2.95 bits per heavy atom. The van der Waals surface area contributed by atoms with Gasteiger partial charge >= 0.3 is 0 Å². The van der Waals surface area contributed by atoms with Crippen molar-refractivity contribution in [2.75, 3.05) is 18.1 Å². The smallest absolute Gasteiger partial charge is 0.221 e. The Bertz CT molecular complexity index is 636. The number of sulfone groups is 1. The molecule has 2 rings (SSSR count). The van der Waals surface area contributed by atoms with Crippen molar-refractivity contribution in [3.05, 3.63) is 34.1 Å². The highest BCUT2D eigenvalue weighted by molar-refractivity contribution is 9.10. The van der Waals surface area contributed by atoms with Crippen molar-refractivity contribution in [3.8, 4) is 0 Å². The number of nitrogens with one attached hydrogen (secondary N) is 2. The average molecular weight is 379 g/mol. The van der Waals surface area contributed by atoms with Crippen molar-refractivity contribution in [1.29, 1.82) is 0 Å². The standard InChI is InChI=1S/C13H16BrFN2O3S/c14-10-1-2-12(15)9(5-10)7-17-13(18)6-11-8-21(19,20)4-3-16-11/h1-2,5,11,16H,3-4,6-8H2,(H,17,18). The number of rotatable bonds is 4. The Hall–Kier alpha value is -0.990. The number of hydrogen-bond donors (Lipinski definition) is 2. The molecule has 1 aliphatic rings. The molecule has 1 saturated heterocycles. The zero-order chi connectivity index (χ0) is 15.5. The van der Waals surface area contributed by atoms with E-state index in [1.807, 2.05) is 0 Å². The Morgan fingerprint density at radius 2 is 2.24 bits per heavy atom. The summed E-state index contributed by atoms with van der Waals surface area (Å²) in [5.74, 6) is -0.624. The van der Waals surface area contributed by atoms with Gasteiger partial charge in [0, 0.05) is 35.6 Å². The maximum Gasteiger partial charge on any atom is 0.221 e. The number of halogens is 2. The summed E-state index contributed by atoms with van der Waals surface area (Å²) < 4.78 is 37.2. The van der Waals surface area contributed by atoms with Crippen molar-refractivity contribution in [1.82, 2.24) is 10.6 Å². The van der Waals surface area contributed by atoms with Crippen molar-refractivity contribution >= 4 is 31.7 Å². The topological polar surface area (TPSA) is 75.3 Å². The third kappa shape index (κ3) is 5.05. The van der Waals surface area contributed by atoms with Crippen LogP contribution in [0.3, 0.4) is 0 Å². The first-order valence-corrected chi connectivity index (χ1v) is 9.11. The lowest BCUT2D eigenvalue weighted by molar-refractivity contribution is -0.121. The van der Waals surface area contributed by atoms with Gasteiger partial charge in [-0.3, -0.25) is 4.79 Å². The van der Waals surface area contributed by atoms with E-state index in [2.05, 4.69) is 26.6 Å². The molecule has 116 valence electrons. The van der Waals surface area contributed by atoms with E-state index in [1.165, 1.54) is 6.07 Å². The molecular formula is C13H16BrFN2O3S. The van der Waals surface area contributed by atoms with Crippen LogP contribution >= 0.6 is 15.9 Å². The second-order valence-corrected chi connectivity index (χ2v) is 8.13. The van der Waals surface area contributed by atoms with Gasteiger partial charge in [0.25, 0.3) is 0 Å². The molecule has 0 bridgehead atoms. The van der Waals surface area contributed by atoms with Crippen LogP contribution in [0.15, 0.2) is 22.7 Å². The highest BCUT2D eigenvalue weighted by atomic mass is 79.9. The average Bonchev–Trinajstić information content (AvgIpc) is 2.38. The van der Waals surface area contributed by atoms with Crippen LogP contribution in [0.2, 0.25) is 0 Å². The lowest BCUT2D eigenvalue weighted by Crippen LogP contribution is -2.47. The van der Waals surface area contributed by atoms with Gasteiger partial charge in [-0.05, 0) is 18.2 Å². The van der Waals surface area contributed by atoms with Crippen molar-refractivity contribution in [2.24, 2.45) is 0 Å². The van der Waals surface area contributed by atoms with Gasteiger partial charge in [0.15, 0.2) is 9.84 Å². The monoisotopic (exact) mass is 378 g/mol. The Morgan fingerprint density at radius 1 is 1.48 bits per heavy atom. The Labute approximate surface area is 131 Å². The molecule has 0 aliphatic carbocycles. The quantitative estimate of drug-likeness (QED) is 0.818. The van der Waals surface area contributed by atoms with Crippen LogP contribution in [-0.4, -0.2) is 38.4 Å². The van der Waals surface area contributed by atoms with E-state index in [9.17, 15) is 17.6 Å². The zero-order valence-electron chi connectivity index (χ0n) is 11.2. The van der Waals surface area contributed by atoms with Crippen LogP contribution in [0.4, 0.5) is 4.39 Å². The molecule has 0 spiro atoms. The van der Waals surface area contributed by atoms with Crippen LogP contribution in [-0.2, 0) is 21.2 Å². The first kappa shape index (κ1) is 16.4. The van der Waals surface area contributed by atoms with E-state index in [1.54, 1.807) is 12.1 Å². The lowest BCUT2D eigenvalue weighted by atomic mass is 10.2. The number of carbonyl (C=O) groups is 1. The summed E-state index contributed by atoms with van der Waals surface area (Å²) in [4.78, 5) is 11.8. The van der Waals surface area contributed by atoms with Crippen LogP contribution in [0.25, 0.3) is 0 Å². The zero-order valence-corrected chi connectivity index (χ0v) is 13.6. The maximum absolute atomic E-state index is 13.5. The molecule has 0 radical (unpaired) electrons. The molecule has 0 aromatic heterocycles. The van der Waals surface area contributed by atoms with Crippen molar-refractivity contribution in [3.63, 3.8) is 0 Å². The fraction of sp³-hybridized carbons (Fsp3) is 0.462. The number of hydrogen-bond acceptors (Lipinski definition) is 4. The molecule has 5 nitrogen and oxygen atoms in total. The molecule has 1 heterocycles. The highest BCUT2D eigenvalue weighted by Gasteiger charge is 2.25. The fourth-order valence-corrected chi connectivity index (χ4v) is 4.02. The molecule has 1 aromatic carbocycles. The summed E-state index contributed by atoms with van der Waals surface area (Å²) in [5, 5.41) is 5.61. The van der Waals surface area contributed by atoms with Crippen molar-refractivity contribution < 1.29 is 17.6 Å². The second kappa shape index (κ2) is 6.85. The largest absolute Gasteiger partial charge is 0.352 e. The summed E-state index contributed by atoms with van der Waals surface area (Å²) in [6.07, 6.45) is 0.0643. The predicted octanol–water partition coefficient (Wildman–Crippen LogP) is 0.981. The van der Waals surface area contributed by atoms with Gasteiger partial charge in [-0.25, -0.2) is 12.8 Å². The van der Waals surface area contributed by atoms with Crippen LogP contribution < -0.4 is 10.6 Å². The molecule has 2 N–H and O–H groups in total. The normalized spacial score (nSPS) is 21.0. The fourth-order valence-electron chi connectivity index (χ4n) is 2.17. The summed E-state index contributed by atoms with van der Waals surface area (Å²) in [6.45, 7) is 0.435. The van der Waals surface area contributed by atoms with E-state index >= 15 is 0 Å². The molecule has 0 saturated carbocycles. The van der Waals surface area contributed by atoms with Crippen molar-refractivity contribution in [2.45, 2.75) is 19.0 Å². The minimum absolute atomic E-state index is 0.0360. The molecule has 1 unspecified atom stereocenters. The number of carbonyl (C=O) groups excluding carboxylic acids is 1. The van der Waals surface area contributed by atoms with E-state index in [4.69, 9.17) is 0 Å². The van der Waals surface area contributed by atoms with E-state index in [0.717, 1.165) is 4.47 Å². The van der Waals surface area contributed by atoms with E-state index in [-0.39, 0.29) is 36.4 Å². The molecule has 21 heavy (non-hydrogen) atoms. The van der Waals surface area contributed by atoms with Gasteiger partial charge in [0.1, 0.15) is 5.82 Å². The minimum Gasteiger partial charge on any atom is -0.352 e. The molecule has 1 aliphatic heterocycles. The van der Waals surface area contributed by atoms with Crippen LogP contribution in [0.1, 0.15) is 12.0 Å². The summed E-state index contributed by atoms with van der Waals surface area (Å²) in [5.41, 5.74) is 0.377. The summed E-state index contributed by atoms with van der Waals surface area (Å²) in [6, 6.07) is 4.12. The SMILES string of the molecule is O=C(CC1CS(=O)(=O)CCN1)NCc1cc(Br)ccc1F. The van der Waals surface area contributed by atoms with E-state index in [0.29, 0.717) is 12.1 Å². The van der Waals surface area contributed by atoms with Crippen LogP contribution in [0.5, 0.6) is 0 Å². The Kier molecular flexibility index (Phi) is 5.34. The van der Waals surface area contributed by atoms with Gasteiger partial charge in [-0.1, -0.05) is 15.9 Å². The maximum atomic E-state index is 13.5. The number of amides is 1. The number of benzene rings is 1. The lowest BCUT2D eigenvalue weighted by Gasteiger charge is -2.23. The van der Waals surface area contributed by atoms with Gasteiger partial charge in [0.2, 0.25) is 5.91 Å². The molecule has 1 fully saturated rings. The van der Waals surface area contributed by atoms with Gasteiger partial charge in [0.05, 0.1) is 11.5 Å². The third-order valence-corrected chi connectivity index (χ3v) is 5.45. The van der Waals surface area contributed by atoms with Crippen LogP contribution in [0, 0.1) is 5.82 Å². The molecule has 8 heteroatoms. The Balaban J connectivity index is 1.86. The minimum atomic E-state index is -3.07. The molecule has 1 aromatic rings. The van der Waals surface area contributed by atoms with Gasteiger partial charge in [-0.15, -0.1) is 0 Å². The summed E-state index contributed by atoms with van der Waals surface area (Å²) in [7, 11) is -3.07. The predicted molar refractivity (Wildman–Crippen MR) is 81.0 cm³/mol. The van der Waals surface area contributed by atoms with Gasteiger partial charge in [-0.2, -0.15) is 0 Å². The molecule has 1 atom stereocenters. The first-order chi connectivity index (χ1) is 9.85. The highest BCUT2D eigenvalue weighted by Crippen LogP contribution is 2.15. The third-order valence-electron chi connectivity index (χ3n) is 3.22. The molecular weight excluding hydrogens is 363 g/mol. The second-order valence-electron chi connectivity index (χ2n) is 4.98. The summed E-state index contributed by atoms with van der Waals surface area (Å²) >= 11 is 3.24.